The topological polar surface area (TPSA) is 92.1 Å². The Bertz CT molecular complexity index is 935. The SMILES string of the molecule is CN1CCN(c2ncccc2CNC(=O)c2ccnc(-n3cnnc3)c2)CC1. The molecule has 0 bridgehead atoms. The molecule has 144 valence electrons. The van der Waals surface area contributed by atoms with Crippen molar-refractivity contribution in [2.75, 3.05) is 38.1 Å². The standard InChI is InChI=1S/C19H22N8O/c1-25-7-9-26(10-8-25)18-16(3-2-5-21-18)12-22-19(28)15-4-6-20-17(11-15)27-13-23-24-14-27/h2-6,11,13-14H,7-10,12H2,1H3,(H,22,28). The summed E-state index contributed by atoms with van der Waals surface area (Å²) in [6.45, 7) is 4.29. The summed E-state index contributed by atoms with van der Waals surface area (Å²) in [5.74, 6) is 1.37. The van der Waals surface area contributed by atoms with Gasteiger partial charge in [-0.25, -0.2) is 9.97 Å². The molecule has 0 saturated carbocycles. The highest BCUT2D eigenvalue weighted by atomic mass is 16.1. The highest BCUT2D eigenvalue weighted by molar-refractivity contribution is 5.94. The van der Waals surface area contributed by atoms with Crippen LogP contribution in [-0.4, -0.2) is 68.8 Å². The molecule has 4 heterocycles. The van der Waals surface area contributed by atoms with Crippen LogP contribution in [-0.2, 0) is 6.54 Å². The number of carbonyl (C=O) groups is 1. The molecular weight excluding hydrogens is 356 g/mol. The fourth-order valence-corrected chi connectivity index (χ4v) is 3.17. The van der Waals surface area contributed by atoms with Crippen LogP contribution in [0.3, 0.4) is 0 Å². The Hall–Kier alpha value is -3.33. The van der Waals surface area contributed by atoms with Crippen molar-refractivity contribution in [2.45, 2.75) is 6.54 Å². The molecule has 1 aliphatic rings. The molecule has 1 saturated heterocycles. The van der Waals surface area contributed by atoms with Gasteiger partial charge in [0, 0.05) is 56.2 Å². The van der Waals surface area contributed by atoms with Crippen molar-refractivity contribution >= 4 is 11.7 Å². The average Bonchev–Trinajstić information content (AvgIpc) is 3.28. The first-order valence-corrected chi connectivity index (χ1v) is 9.17. The summed E-state index contributed by atoms with van der Waals surface area (Å²) >= 11 is 0. The number of hydrogen-bond acceptors (Lipinski definition) is 7. The second-order valence-corrected chi connectivity index (χ2v) is 6.73. The molecule has 3 aromatic rings. The predicted octanol–water partition coefficient (Wildman–Crippen LogP) is 0.739. The lowest BCUT2D eigenvalue weighted by Gasteiger charge is -2.34. The predicted molar refractivity (Wildman–Crippen MR) is 104 cm³/mol. The maximum Gasteiger partial charge on any atom is 0.251 e. The van der Waals surface area contributed by atoms with Gasteiger partial charge in [0.1, 0.15) is 24.3 Å². The molecule has 0 aliphatic carbocycles. The monoisotopic (exact) mass is 378 g/mol. The highest BCUT2D eigenvalue weighted by Gasteiger charge is 2.18. The lowest BCUT2D eigenvalue weighted by atomic mass is 10.2. The van der Waals surface area contributed by atoms with Crippen LogP contribution in [0.15, 0.2) is 49.3 Å². The molecule has 3 aromatic heterocycles. The van der Waals surface area contributed by atoms with Crippen LogP contribution in [0.2, 0.25) is 0 Å². The normalized spacial score (nSPS) is 14.8. The number of rotatable bonds is 5. The third kappa shape index (κ3) is 3.99. The zero-order valence-corrected chi connectivity index (χ0v) is 15.7. The van der Waals surface area contributed by atoms with E-state index < -0.39 is 0 Å². The molecule has 0 unspecified atom stereocenters. The minimum atomic E-state index is -0.162. The second-order valence-electron chi connectivity index (χ2n) is 6.73. The van der Waals surface area contributed by atoms with Crippen LogP contribution >= 0.6 is 0 Å². The molecule has 1 aliphatic heterocycles. The van der Waals surface area contributed by atoms with Crippen LogP contribution < -0.4 is 10.2 Å². The number of amides is 1. The summed E-state index contributed by atoms with van der Waals surface area (Å²) < 4.78 is 1.66. The molecule has 1 fully saturated rings. The second kappa shape index (κ2) is 8.13. The van der Waals surface area contributed by atoms with Crippen LogP contribution in [0.1, 0.15) is 15.9 Å². The van der Waals surface area contributed by atoms with Gasteiger partial charge in [-0.05, 0) is 25.2 Å². The van der Waals surface area contributed by atoms with E-state index in [1.807, 2.05) is 12.1 Å². The molecule has 0 radical (unpaired) electrons. The summed E-state index contributed by atoms with van der Waals surface area (Å²) in [5.41, 5.74) is 1.54. The van der Waals surface area contributed by atoms with Crippen molar-refractivity contribution in [3.8, 4) is 5.82 Å². The van der Waals surface area contributed by atoms with Crippen LogP contribution in [0.25, 0.3) is 5.82 Å². The van der Waals surface area contributed by atoms with Gasteiger partial charge in [-0.15, -0.1) is 10.2 Å². The zero-order valence-electron chi connectivity index (χ0n) is 15.7. The Balaban J connectivity index is 1.45. The fourth-order valence-electron chi connectivity index (χ4n) is 3.17. The average molecular weight is 378 g/mol. The number of piperazine rings is 1. The van der Waals surface area contributed by atoms with E-state index in [0.717, 1.165) is 37.6 Å². The summed E-state index contributed by atoms with van der Waals surface area (Å²) in [6.07, 6.45) is 6.49. The maximum atomic E-state index is 12.7. The van der Waals surface area contributed by atoms with Crippen molar-refractivity contribution in [2.24, 2.45) is 0 Å². The van der Waals surface area contributed by atoms with E-state index in [9.17, 15) is 4.79 Å². The largest absolute Gasteiger partial charge is 0.354 e. The number of aromatic nitrogens is 5. The minimum Gasteiger partial charge on any atom is -0.354 e. The summed E-state index contributed by atoms with van der Waals surface area (Å²) in [4.78, 5) is 26.0. The van der Waals surface area contributed by atoms with Gasteiger partial charge in [-0.1, -0.05) is 6.07 Å². The summed E-state index contributed by atoms with van der Waals surface area (Å²) in [5, 5.41) is 10.5. The van der Waals surface area contributed by atoms with Crippen LogP contribution in [0, 0.1) is 0 Å². The molecule has 4 rings (SSSR count). The molecule has 0 aromatic carbocycles. The Morgan fingerprint density at radius 3 is 2.64 bits per heavy atom. The molecule has 0 spiro atoms. The quantitative estimate of drug-likeness (QED) is 0.700. The number of carbonyl (C=O) groups excluding carboxylic acids is 1. The van der Waals surface area contributed by atoms with Crippen LogP contribution in [0.5, 0.6) is 0 Å². The summed E-state index contributed by atoms with van der Waals surface area (Å²) in [7, 11) is 2.12. The Morgan fingerprint density at radius 1 is 1.07 bits per heavy atom. The number of nitrogens with zero attached hydrogens (tertiary/aromatic N) is 7. The smallest absolute Gasteiger partial charge is 0.251 e. The Kier molecular flexibility index (Phi) is 5.24. The van der Waals surface area contributed by atoms with E-state index in [1.165, 1.54) is 0 Å². The Labute approximate surface area is 163 Å². The van der Waals surface area contributed by atoms with Crippen molar-refractivity contribution < 1.29 is 4.79 Å². The lowest BCUT2D eigenvalue weighted by Crippen LogP contribution is -2.45. The van der Waals surface area contributed by atoms with Crippen molar-refractivity contribution in [1.82, 2.24) is 34.9 Å². The van der Waals surface area contributed by atoms with Crippen molar-refractivity contribution in [3.63, 3.8) is 0 Å². The molecule has 1 N–H and O–H groups in total. The number of pyridine rings is 2. The van der Waals surface area contributed by atoms with Crippen molar-refractivity contribution in [1.29, 1.82) is 0 Å². The number of hydrogen-bond donors (Lipinski definition) is 1. The first-order valence-electron chi connectivity index (χ1n) is 9.17. The van der Waals surface area contributed by atoms with Gasteiger partial charge in [0.25, 0.3) is 5.91 Å². The van der Waals surface area contributed by atoms with Gasteiger partial charge >= 0.3 is 0 Å². The number of nitrogens with one attached hydrogen (secondary N) is 1. The minimum absolute atomic E-state index is 0.162. The fraction of sp³-hybridized carbons (Fsp3) is 0.316. The third-order valence-electron chi connectivity index (χ3n) is 4.80. The van der Waals surface area contributed by atoms with Gasteiger partial charge in [-0.3, -0.25) is 9.36 Å². The van der Waals surface area contributed by atoms with E-state index in [0.29, 0.717) is 17.9 Å². The molecule has 28 heavy (non-hydrogen) atoms. The third-order valence-corrected chi connectivity index (χ3v) is 4.80. The molecule has 1 amide bonds. The number of anilines is 1. The van der Waals surface area contributed by atoms with Crippen LogP contribution in [0.4, 0.5) is 5.82 Å². The molecule has 9 nitrogen and oxygen atoms in total. The zero-order chi connectivity index (χ0) is 19.3. The summed E-state index contributed by atoms with van der Waals surface area (Å²) in [6, 6.07) is 7.31. The maximum absolute atomic E-state index is 12.7. The van der Waals surface area contributed by atoms with E-state index in [1.54, 1.807) is 41.7 Å². The molecule has 9 heteroatoms. The van der Waals surface area contributed by atoms with Gasteiger partial charge < -0.3 is 15.1 Å². The van der Waals surface area contributed by atoms with Gasteiger partial charge in [0.15, 0.2) is 0 Å². The van der Waals surface area contributed by atoms with E-state index in [4.69, 9.17) is 0 Å². The first-order chi connectivity index (χ1) is 13.7. The van der Waals surface area contributed by atoms with Gasteiger partial charge in [-0.2, -0.15) is 0 Å². The first kappa shape index (κ1) is 18.1. The molecular formula is C19H22N8O. The molecule has 0 atom stereocenters. The van der Waals surface area contributed by atoms with Crippen molar-refractivity contribution in [3.05, 3.63) is 60.4 Å². The highest BCUT2D eigenvalue weighted by Crippen LogP contribution is 2.19. The van der Waals surface area contributed by atoms with E-state index in [-0.39, 0.29) is 5.91 Å². The van der Waals surface area contributed by atoms with E-state index in [2.05, 4.69) is 42.3 Å². The van der Waals surface area contributed by atoms with E-state index >= 15 is 0 Å². The Morgan fingerprint density at radius 2 is 1.86 bits per heavy atom. The lowest BCUT2D eigenvalue weighted by molar-refractivity contribution is 0.0951. The van der Waals surface area contributed by atoms with Gasteiger partial charge in [0.05, 0.1) is 0 Å². The number of likely N-dealkylation sites (N-methyl/N-ethyl adjacent to an activating group) is 1. The van der Waals surface area contributed by atoms with Gasteiger partial charge in [0.2, 0.25) is 0 Å².